The molecule has 2 rings (SSSR count). The van der Waals surface area contributed by atoms with Crippen LogP contribution in [-0.4, -0.2) is 28.9 Å². The second-order valence-corrected chi connectivity index (χ2v) is 4.04. The van der Waals surface area contributed by atoms with Crippen molar-refractivity contribution in [3.63, 3.8) is 0 Å². The third-order valence-electron chi connectivity index (χ3n) is 2.55. The minimum atomic E-state index is -0.337. The Bertz CT molecular complexity index is 565. The molecule has 0 aliphatic carbocycles. The number of ether oxygens (including phenoxy) is 2. The van der Waals surface area contributed by atoms with Gasteiger partial charge in [-0.3, -0.25) is 14.9 Å². The molecule has 0 atom stereocenters. The lowest BCUT2D eigenvalue weighted by atomic mass is 10.2. The van der Waals surface area contributed by atoms with Crippen LogP contribution in [0.1, 0.15) is 10.4 Å². The molecule has 7 heteroatoms. The van der Waals surface area contributed by atoms with Gasteiger partial charge in [-0.1, -0.05) is 0 Å². The fourth-order valence-corrected chi connectivity index (χ4v) is 1.58. The highest BCUT2D eigenvalue weighted by atomic mass is 16.5. The summed E-state index contributed by atoms with van der Waals surface area (Å²) in [6.45, 7) is 0.814. The number of nitrogen functional groups attached to an aromatic ring is 1. The smallest absolute Gasteiger partial charge is 0.265 e. The Labute approximate surface area is 116 Å². The van der Waals surface area contributed by atoms with Gasteiger partial charge >= 0.3 is 0 Å². The lowest BCUT2D eigenvalue weighted by Gasteiger charge is -2.07. The number of amides is 1. The van der Waals surface area contributed by atoms with Crippen molar-refractivity contribution in [3.05, 3.63) is 42.2 Å². The Hall–Kier alpha value is -2.54. The van der Waals surface area contributed by atoms with Crippen LogP contribution in [0.2, 0.25) is 0 Å². The van der Waals surface area contributed by atoms with E-state index in [0.29, 0.717) is 30.3 Å². The molecule has 106 valence electrons. The first-order valence-corrected chi connectivity index (χ1v) is 6.04. The lowest BCUT2D eigenvalue weighted by molar-refractivity contribution is 0.0953. The van der Waals surface area contributed by atoms with Crippen LogP contribution in [-0.2, 0) is 7.05 Å². The maximum atomic E-state index is 11.2. The van der Waals surface area contributed by atoms with Crippen LogP contribution in [0, 0.1) is 0 Å². The third kappa shape index (κ3) is 3.72. The Morgan fingerprint density at radius 1 is 1.25 bits per heavy atom. The minimum absolute atomic E-state index is 0.337. The maximum Gasteiger partial charge on any atom is 0.265 e. The van der Waals surface area contributed by atoms with E-state index in [1.807, 2.05) is 7.05 Å². The molecule has 0 aliphatic heterocycles. The summed E-state index contributed by atoms with van der Waals surface area (Å²) in [5, 5.41) is 3.99. The summed E-state index contributed by atoms with van der Waals surface area (Å²) < 4.78 is 12.6. The molecule has 0 aliphatic rings. The van der Waals surface area contributed by atoms with Crippen LogP contribution < -0.4 is 20.7 Å². The monoisotopic (exact) mass is 276 g/mol. The van der Waals surface area contributed by atoms with Gasteiger partial charge in [0.15, 0.2) is 5.75 Å². The summed E-state index contributed by atoms with van der Waals surface area (Å²) in [4.78, 5) is 11.2. The van der Waals surface area contributed by atoms with Crippen LogP contribution in [0.15, 0.2) is 36.7 Å². The van der Waals surface area contributed by atoms with Crippen LogP contribution >= 0.6 is 0 Å². The van der Waals surface area contributed by atoms with Crippen LogP contribution in [0.25, 0.3) is 0 Å². The molecule has 0 unspecified atom stereocenters. The molecule has 1 heterocycles. The number of nitrogens with two attached hydrogens (primary N) is 1. The summed E-state index contributed by atoms with van der Waals surface area (Å²) in [6, 6.07) is 6.68. The van der Waals surface area contributed by atoms with Gasteiger partial charge in [0.25, 0.3) is 5.91 Å². The average Bonchev–Trinajstić information content (AvgIpc) is 2.89. The number of nitrogens with zero attached hydrogens (tertiary/aromatic N) is 2. The molecule has 2 aromatic rings. The van der Waals surface area contributed by atoms with Gasteiger partial charge in [-0.05, 0) is 24.3 Å². The number of carbonyl (C=O) groups excluding carboxylic acids is 1. The quantitative estimate of drug-likeness (QED) is 0.346. The highest BCUT2D eigenvalue weighted by molar-refractivity contribution is 5.93. The first kappa shape index (κ1) is 13.9. The zero-order valence-electron chi connectivity index (χ0n) is 11.1. The number of aryl methyl sites for hydroxylation is 1. The molecular weight excluding hydrogens is 260 g/mol. The fourth-order valence-electron chi connectivity index (χ4n) is 1.58. The van der Waals surface area contributed by atoms with Crippen LogP contribution in [0.3, 0.4) is 0 Å². The van der Waals surface area contributed by atoms with E-state index < -0.39 is 0 Å². The fraction of sp³-hybridized carbons (Fsp3) is 0.231. The van der Waals surface area contributed by atoms with Crippen molar-refractivity contribution in [1.29, 1.82) is 0 Å². The van der Waals surface area contributed by atoms with Crippen molar-refractivity contribution in [3.8, 4) is 11.5 Å². The van der Waals surface area contributed by atoms with E-state index in [2.05, 4.69) is 10.5 Å². The molecule has 1 aromatic heterocycles. The van der Waals surface area contributed by atoms with Crippen molar-refractivity contribution in [2.24, 2.45) is 12.9 Å². The van der Waals surface area contributed by atoms with E-state index in [0.717, 1.165) is 0 Å². The number of aromatic nitrogens is 2. The number of rotatable bonds is 6. The largest absolute Gasteiger partial charge is 0.490 e. The van der Waals surface area contributed by atoms with Crippen molar-refractivity contribution >= 4 is 5.91 Å². The molecule has 20 heavy (non-hydrogen) atoms. The number of hydrogen-bond acceptors (Lipinski definition) is 5. The van der Waals surface area contributed by atoms with E-state index in [1.165, 1.54) is 0 Å². The number of carbonyl (C=O) groups is 1. The Kier molecular flexibility index (Phi) is 4.56. The zero-order chi connectivity index (χ0) is 14.4. The van der Waals surface area contributed by atoms with Crippen molar-refractivity contribution < 1.29 is 14.3 Å². The highest BCUT2D eigenvalue weighted by Crippen LogP contribution is 2.12. The first-order valence-electron chi connectivity index (χ1n) is 6.04. The van der Waals surface area contributed by atoms with Gasteiger partial charge < -0.3 is 9.47 Å². The van der Waals surface area contributed by atoms with Gasteiger partial charge in [0.2, 0.25) is 0 Å². The molecular formula is C13H16N4O3. The number of benzene rings is 1. The van der Waals surface area contributed by atoms with Gasteiger partial charge in [-0.25, -0.2) is 5.84 Å². The number of nitrogens with one attached hydrogen (secondary N) is 1. The summed E-state index contributed by atoms with van der Waals surface area (Å²) in [7, 11) is 1.82. The Balaban J connectivity index is 1.75. The minimum Gasteiger partial charge on any atom is -0.490 e. The van der Waals surface area contributed by atoms with Gasteiger partial charge in [-0.15, -0.1) is 0 Å². The van der Waals surface area contributed by atoms with E-state index in [4.69, 9.17) is 15.3 Å². The molecule has 0 saturated carbocycles. The third-order valence-corrected chi connectivity index (χ3v) is 2.55. The molecule has 0 saturated heterocycles. The molecule has 0 spiro atoms. The molecule has 0 radical (unpaired) electrons. The predicted octanol–water partition coefficient (Wildman–Crippen LogP) is 0.481. The lowest BCUT2D eigenvalue weighted by Crippen LogP contribution is -2.29. The second-order valence-electron chi connectivity index (χ2n) is 4.04. The predicted molar refractivity (Wildman–Crippen MR) is 72.3 cm³/mol. The van der Waals surface area contributed by atoms with Crippen molar-refractivity contribution in [2.75, 3.05) is 13.2 Å². The summed E-state index contributed by atoms with van der Waals surface area (Å²) in [5.41, 5.74) is 2.54. The van der Waals surface area contributed by atoms with Crippen molar-refractivity contribution in [2.45, 2.75) is 0 Å². The van der Waals surface area contributed by atoms with E-state index in [9.17, 15) is 4.79 Å². The molecule has 1 amide bonds. The normalized spacial score (nSPS) is 10.1. The Morgan fingerprint density at radius 2 is 1.90 bits per heavy atom. The van der Waals surface area contributed by atoms with E-state index in [1.54, 1.807) is 41.3 Å². The highest BCUT2D eigenvalue weighted by Gasteiger charge is 2.03. The van der Waals surface area contributed by atoms with Gasteiger partial charge in [-0.2, -0.15) is 5.10 Å². The Morgan fingerprint density at radius 3 is 2.45 bits per heavy atom. The second kappa shape index (κ2) is 6.58. The standard InChI is InChI=1S/C13H16N4O3/c1-17-9-12(8-15-17)20-7-6-19-11-4-2-10(3-5-11)13(18)16-14/h2-5,8-9H,6-7,14H2,1H3,(H,16,18). The molecule has 7 nitrogen and oxygen atoms in total. The molecule has 0 bridgehead atoms. The molecule has 0 fully saturated rings. The summed E-state index contributed by atoms with van der Waals surface area (Å²) >= 11 is 0. The van der Waals surface area contributed by atoms with Crippen LogP contribution in [0.4, 0.5) is 0 Å². The average molecular weight is 276 g/mol. The van der Waals surface area contributed by atoms with E-state index in [-0.39, 0.29) is 5.91 Å². The topological polar surface area (TPSA) is 91.4 Å². The van der Waals surface area contributed by atoms with Crippen molar-refractivity contribution in [1.82, 2.24) is 15.2 Å². The van der Waals surface area contributed by atoms with Crippen LogP contribution in [0.5, 0.6) is 11.5 Å². The zero-order valence-corrected chi connectivity index (χ0v) is 11.1. The molecule has 3 N–H and O–H groups in total. The van der Waals surface area contributed by atoms with Gasteiger partial charge in [0.05, 0.1) is 12.4 Å². The van der Waals surface area contributed by atoms with Gasteiger partial charge in [0, 0.05) is 12.6 Å². The molecule has 1 aromatic carbocycles. The van der Waals surface area contributed by atoms with E-state index >= 15 is 0 Å². The first-order chi connectivity index (χ1) is 9.69. The summed E-state index contributed by atoms with van der Waals surface area (Å²) in [5.74, 6) is 6.07. The number of hydrogen-bond donors (Lipinski definition) is 2. The SMILES string of the molecule is Cn1cc(OCCOc2ccc(C(=O)NN)cc2)cn1. The summed E-state index contributed by atoms with van der Waals surface area (Å²) in [6.07, 6.45) is 3.42. The maximum absolute atomic E-state index is 11.2. The number of hydrazine groups is 1. The van der Waals surface area contributed by atoms with Gasteiger partial charge in [0.1, 0.15) is 19.0 Å².